The molecule has 11 heavy (non-hydrogen) atoms. The van der Waals surface area contributed by atoms with Gasteiger partial charge >= 0.3 is 5.97 Å². The summed E-state index contributed by atoms with van der Waals surface area (Å²) in [4.78, 5) is 10.5. The molecular formula is C7H14O3S. The second-order valence-corrected chi connectivity index (χ2v) is 4.62. The molecule has 0 saturated carbocycles. The zero-order chi connectivity index (χ0) is 9.07. The van der Waals surface area contributed by atoms with Gasteiger partial charge < -0.3 is 10.2 Å². The molecular weight excluding hydrogens is 164 g/mol. The van der Waals surface area contributed by atoms with E-state index in [4.69, 9.17) is 10.2 Å². The minimum atomic E-state index is -0.844. The molecule has 0 aromatic carbocycles. The maximum Gasteiger partial charge on any atom is 0.319 e. The highest BCUT2D eigenvalue weighted by molar-refractivity contribution is 8.01. The number of aliphatic hydroxyl groups excluding tert-OH is 1. The minimum absolute atomic E-state index is 0.446. The monoisotopic (exact) mass is 178 g/mol. The van der Waals surface area contributed by atoms with Crippen LogP contribution in [-0.4, -0.2) is 32.8 Å². The number of aliphatic hydroxyl groups is 1. The topological polar surface area (TPSA) is 57.5 Å². The number of rotatable bonds is 4. The lowest BCUT2D eigenvalue weighted by atomic mass is 10.2. The molecule has 0 aromatic heterocycles. The Kier molecular flexibility index (Phi) is 3.89. The fraction of sp³-hybridized carbons (Fsp3) is 0.857. The summed E-state index contributed by atoms with van der Waals surface area (Å²) in [6.45, 7) is 4.90. The molecule has 0 rings (SSSR count). The highest BCUT2D eigenvalue weighted by atomic mass is 32.2. The first-order valence-electron chi connectivity index (χ1n) is 3.41. The van der Waals surface area contributed by atoms with Crippen LogP contribution in [0.3, 0.4) is 0 Å². The van der Waals surface area contributed by atoms with Gasteiger partial charge in [-0.25, -0.2) is 0 Å². The summed E-state index contributed by atoms with van der Waals surface area (Å²) in [5.74, 6) is -0.387. The standard InChI is InChI=1S/C7H14O3S/c1-5(8)4-11-7(2,3)6(9)10/h5,8H,4H2,1-3H3,(H,9,10). The third-order valence-electron chi connectivity index (χ3n) is 1.20. The normalized spacial score (nSPS) is 14.5. The van der Waals surface area contributed by atoms with Crippen molar-refractivity contribution in [1.82, 2.24) is 0 Å². The predicted octanol–water partition coefficient (Wildman–Crippen LogP) is 0.964. The van der Waals surface area contributed by atoms with E-state index in [2.05, 4.69) is 0 Å². The molecule has 0 spiro atoms. The summed E-state index contributed by atoms with van der Waals surface area (Å²) in [5, 5.41) is 17.5. The number of aliphatic carboxylic acids is 1. The Bertz CT molecular complexity index is 143. The third kappa shape index (κ3) is 4.27. The SMILES string of the molecule is CC(O)CSC(C)(C)C(=O)O. The highest BCUT2D eigenvalue weighted by Gasteiger charge is 2.27. The van der Waals surface area contributed by atoms with E-state index in [0.29, 0.717) is 5.75 Å². The number of carbonyl (C=O) groups is 1. The molecule has 0 radical (unpaired) electrons. The molecule has 0 aliphatic carbocycles. The van der Waals surface area contributed by atoms with Gasteiger partial charge in [-0.15, -0.1) is 11.8 Å². The van der Waals surface area contributed by atoms with E-state index in [0.717, 1.165) is 0 Å². The summed E-state index contributed by atoms with van der Waals surface area (Å²) in [5.41, 5.74) is 0. The smallest absolute Gasteiger partial charge is 0.319 e. The van der Waals surface area contributed by atoms with Crippen LogP contribution in [0.25, 0.3) is 0 Å². The molecule has 0 heterocycles. The molecule has 3 nitrogen and oxygen atoms in total. The van der Waals surface area contributed by atoms with Gasteiger partial charge in [-0.2, -0.15) is 0 Å². The van der Waals surface area contributed by atoms with Crippen molar-refractivity contribution < 1.29 is 15.0 Å². The van der Waals surface area contributed by atoms with E-state index >= 15 is 0 Å². The lowest BCUT2D eigenvalue weighted by Crippen LogP contribution is -2.28. The number of carboxylic acid groups (broad SMARTS) is 1. The van der Waals surface area contributed by atoms with E-state index in [-0.39, 0.29) is 0 Å². The predicted molar refractivity (Wildman–Crippen MR) is 45.9 cm³/mol. The summed E-state index contributed by atoms with van der Waals surface area (Å²) < 4.78 is -0.795. The van der Waals surface area contributed by atoms with E-state index in [1.165, 1.54) is 11.8 Å². The van der Waals surface area contributed by atoms with Gasteiger partial charge in [-0.3, -0.25) is 4.79 Å². The Morgan fingerprint density at radius 3 is 2.36 bits per heavy atom. The van der Waals surface area contributed by atoms with Crippen LogP contribution in [0.4, 0.5) is 0 Å². The van der Waals surface area contributed by atoms with Crippen molar-refractivity contribution in [2.45, 2.75) is 31.6 Å². The van der Waals surface area contributed by atoms with E-state index in [1.54, 1.807) is 20.8 Å². The molecule has 4 heteroatoms. The van der Waals surface area contributed by atoms with Crippen LogP contribution in [-0.2, 0) is 4.79 Å². The average molecular weight is 178 g/mol. The van der Waals surface area contributed by atoms with Crippen LogP contribution < -0.4 is 0 Å². The molecule has 0 aromatic rings. The van der Waals surface area contributed by atoms with Crippen molar-refractivity contribution in [3.63, 3.8) is 0 Å². The molecule has 0 aliphatic rings. The number of hydrogen-bond donors (Lipinski definition) is 2. The Morgan fingerprint density at radius 1 is 1.64 bits per heavy atom. The summed E-state index contributed by atoms with van der Waals surface area (Å²) in [7, 11) is 0. The molecule has 2 N–H and O–H groups in total. The van der Waals surface area contributed by atoms with Gasteiger partial charge in [0.05, 0.1) is 6.10 Å². The first-order chi connectivity index (χ1) is 4.86. The molecule has 1 atom stereocenters. The zero-order valence-electron chi connectivity index (χ0n) is 7.00. The molecule has 66 valence electrons. The molecule has 0 bridgehead atoms. The second kappa shape index (κ2) is 3.97. The Morgan fingerprint density at radius 2 is 2.09 bits per heavy atom. The molecule has 0 fully saturated rings. The second-order valence-electron chi connectivity index (χ2n) is 2.98. The fourth-order valence-electron chi connectivity index (χ4n) is 0.391. The van der Waals surface area contributed by atoms with Crippen molar-refractivity contribution in [2.75, 3.05) is 5.75 Å². The van der Waals surface area contributed by atoms with Crippen LogP contribution in [0.2, 0.25) is 0 Å². The molecule has 0 saturated heterocycles. The average Bonchev–Trinajstić information content (AvgIpc) is 1.84. The largest absolute Gasteiger partial charge is 0.480 e. The van der Waals surface area contributed by atoms with Crippen LogP contribution in [0.1, 0.15) is 20.8 Å². The van der Waals surface area contributed by atoms with Gasteiger partial charge in [-0.05, 0) is 20.8 Å². The number of thioether (sulfide) groups is 1. The lowest BCUT2D eigenvalue weighted by Gasteiger charge is -2.18. The van der Waals surface area contributed by atoms with Crippen molar-refractivity contribution in [2.24, 2.45) is 0 Å². The van der Waals surface area contributed by atoms with Gasteiger partial charge in [0.15, 0.2) is 0 Å². The van der Waals surface area contributed by atoms with Crippen molar-refractivity contribution in [3.8, 4) is 0 Å². The van der Waals surface area contributed by atoms with Gasteiger partial charge in [0.1, 0.15) is 4.75 Å². The van der Waals surface area contributed by atoms with E-state index < -0.39 is 16.8 Å². The van der Waals surface area contributed by atoms with Crippen LogP contribution in [0, 0.1) is 0 Å². The zero-order valence-corrected chi connectivity index (χ0v) is 7.81. The number of hydrogen-bond acceptors (Lipinski definition) is 3. The molecule has 0 amide bonds. The lowest BCUT2D eigenvalue weighted by molar-refractivity contribution is -0.138. The van der Waals surface area contributed by atoms with Crippen LogP contribution >= 0.6 is 11.8 Å². The first-order valence-corrected chi connectivity index (χ1v) is 4.40. The molecule has 1 unspecified atom stereocenters. The highest BCUT2D eigenvalue weighted by Crippen LogP contribution is 2.24. The quantitative estimate of drug-likeness (QED) is 0.673. The third-order valence-corrected chi connectivity index (χ3v) is 2.75. The maximum atomic E-state index is 10.5. The van der Waals surface area contributed by atoms with Crippen molar-refractivity contribution >= 4 is 17.7 Å². The van der Waals surface area contributed by atoms with Gasteiger partial charge in [0, 0.05) is 5.75 Å². The molecule has 0 aliphatic heterocycles. The van der Waals surface area contributed by atoms with Crippen molar-refractivity contribution in [3.05, 3.63) is 0 Å². The van der Waals surface area contributed by atoms with Gasteiger partial charge in [0.25, 0.3) is 0 Å². The van der Waals surface area contributed by atoms with E-state index in [9.17, 15) is 4.79 Å². The summed E-state index contributed by atoms with van der Waals surface area (Å²) in [6.07, 6.45) is -0.446. The number of carboxylic acids is 1. The first kappa shape index (κ1) is 10.8. The van der Waals surface area contributed by atoms with Crippen molar-refractivity contribution in [1.29, 1.82) is 0 Å². The Labute approximate surface area is 70.8 Å². The Balaban J connectivity index is 3.83. The van der Waals surface area contributed by atoms with Crippen LogP contribution in [0.5, 0.6) is 0 Å². The fourth-order valence-corrected chi connectivity index (χ4v) is 1.17. The summed E-state index contributed by atoms with van der Waals surface area (Å²) in [6, 6.07) is 0. The van der Waals surface area contributed by atoms with E-state index in [1.807, 2.05) is 0 Å². The summed E-state index contributed by atoms with van der Waals surface area (Å²) >= 11 is 1.25. The minimum Gasteiger partial charge on any atom is -0.480 e. The van der Waals surface area contributed by atoms with Crippen LogP contribution in [0.15, 0.2) is 0 Å². The maximum absolute atomic E-state index is 10.5. The van der Waals surface area contributed by atoms with Gasteiger partial charge in [-0.1, -0.05) is 0 Å². The Hall–Kier alpha value is -0.220. The van der Waals surface area contributed by atoms with Gasteiger partial charge in [0.2, 0.25) is 0 Å².